The van der Waals surface area contributed by atoms with Gasteiger partial charge in [0, 0.05) is 24.0 Å². The first-order valence-electron chi connectivity index (χ1n) is 9.14. The third kappa shape index (κ3) is 4.83. The van der Waals surface area contributed by atoms with E-state index in [4.69, 9.17) is 11.6 Å². The van der Waals surface area contributed by atoms with Crippen LogP contribution in [-0.2, 0) is 17.9 Å². The normalized spacial score (nSPS) is 16.0. The van der Waals surface area contributed by atoms with Crippen molar-refractivity contribution >= 4 is 17.5 Å². The van der Waals surface area contributed by atoms with Crippen LogP contribution in [0.1, 0.15) is 30.1 Å². The van der Waals surface area contributed by atoms with Gasteiger partial charge in [0.25, 0.3) is 0 Å². The Hall–Kier alpha value is -1.92. The number of nitrogens with zero attached hydrogens (tertiary/aromatic N) is 4. The van der Waals surface area contributed by atoms with Crippen LogP contribution in [0.3, 0.4) is 0 Å². The second-order valence-electron chi connectivity index (χ2n) is 6.86. The molecule has 0 bridgehead atoms. The molecule has 1 N–H and O–H groups in total. The van der Waals surface area contributed by atoms with Crippen LogP contribution < -0.4 is 5.32 Å². The van der Waals surface area contributed by atoms with Gasteiger partial charge in [-0.3, -0.25) is 9.69 Å². The van der Waals surface area contributed by atoms with Crippen molar-refractivity contribution in [3.63, 3.8) is 0 Å². The van der Waals surface area contributed by atoms with Crippen LogP contribution in [0.5, 0.6) is 0 Å². The molecule has 140 valence electrons. The summed E-state index contributed by atoms with van der Waals surface area (Å²) in [6, 6.07) is 7.95. The minimum atomic E-state index is 0.0936. The lowest BCUT2D eigenvalue weighted by atomic mass is 9.95. The maximum absolute atomic E-state index is 12.4. The van der Waals surface area contributed by atoms with Gasteiger partial charge in [0.1, 0.15) is 11.6 Å². The Bertz CT molecular complexity index is 752. The highest BCUT2D eigenvalue weighted by molar-refractivity contribution is 6.31. The lowest BCUT2D eigenvalue weighted by Crippen LogP contribution is -2.41. The molecule has 2 heterocycles. The molecule has 26 heavy (non-hydrogen) atoms. The predicted molar refractivity (Wildman–Crippen MR) is 102 cm³/mol. The number of hydrogen-bond acceptors (Lipinski definition) is 4. The second kappa shape index (κ2) is 8.64. The number of aromatic nitrogens is 3. The molecule has 3 rings (SSSR count). The molecule has 1 aliphatic rings. The zero-order valence-electron chi connectivity index (χ0n) is 15.4. The minimum absolute atomic E-state index is 0.0936. The van der Waals surface area contributed by atoms with E-state index in [-0.39, 0.29) is 11.8 Å². The van der Waals surface area contributed by atoms with Crippen molar-refractivity contribution in [2.24, 2.45) is 5.92 Å². The van der Waals surface area contributed by atoms with E-state index in [0.717, 1.165) is 54.7 Å². The fourth-order valence-corrected chi connectivity index (χ4v) is 3.62. The van der Waals surface area contributed by atoms with Crippen LogP contribution in [0.25, 0.3) is 0 Å². The highest BCUT2D eigenvalue weighted by Gasteiger charge is 2.25. The molecule has 6 nitrogen and oxygen atoms in total. The number of rotatable bonds is 6. The molecule has 0 saturated carbocycles. The highest BCUT2D eigenvalue weighted by Crippen LogP contribution is 2.22. The monoisotopic (exact) mass is 375 g/mol. The standard InChI is InChI=1S/C19H26ClN5O/c1-14-22-15(2)25(23-14)12-9-21-19(26)16-7-10-24(11-8-16)13-17-5-3-4-6-18(17)20/h3-6,16H,7-13H2,1-2H3,(H,21,26). The van der Waals surface area contributed by atoms with Gasteiger partial charge < -0.3 is 5.32 Å². The van der Waals surface area contributed by atoms with E-state index in [9.17, 15) is 4.79 Å². The SMILES string of the molecule is Cc1nc(C)n(CCNC(=O)C2CCN(Cc3ccccc3Cl)CC2)n1. The summed E-state index contributed by atoms with van der Waals surface area (Å²) in [4.78, 5) is 19.0. The summed E-state index contributed by atoms with van der Waals surface area (Å²) in [5.41, 5.74) is 1.15. The summed E-state index contributed by atoms with van der Waals surface area (Å²) in [7, 11) is 0. The Labute approximate surface area is 159 Å². The summed E-state index contributed by atoms with van der Waals surface area (Å²) in [6.45, 7) is 7.73. The molecule has 0 aliphatic carbocycles. The first-order chi connectivity index (χ1) is 12.5. The Kier molecular flexibility index (Phi) is 6.27. The molecular formula is C19H26ClN5O. The molecule has 0 radical (unpaired) electrons. The Morgan fingerprint density at radius 3 is 2.65 bits per heavy atom. The first-order valence-corrected chi connectivity index (χ1v) is 9.52. The van der Waals surface area contributed by atoms with Gasteiger partial charge in [-0.1, -0.05) is 29.8 Å². The largest absolute Gasteiger partial charge is 0.354 e. The molecule has 1 aromatic carbocycles. The Morgan fingerprint density at radius 2 is 2.00 bits per heavy atom. The molecule has 0 spiro atoms. The van der Waals surface area contributed by atoms with Crippen LogP contribution >= 0.6 is 11.6 Å². The third-order valence-corrected chi connectivity index (χ3v) is 5.26. The average molecular weight is 376 g/mol. The van der Waals surface area contributed by atoms with Gasteiger partial charge in [-0.2, -0.15) is 5.10 Å². The van der Waals surface area contributed by atoms with E-state index in [1.165, 1.54) is 0 Å². The van der Waals surface area contributed by atoms with Gasteiger partial charge in [-0.15, -0.1) is 0 Å². The molecule has 1 aliphatic heterocycles. The predicted octanol–water partition coefficient (Wildman–Crippen LogP) is 2.58. The molecule has 2 aromatic rings. The van der Waals surface area contributed by atoms with Crippen LogP contribution in [0.2, 0.25) is 5.02 Å². The van der Waals surface area contributed by atoms with Crippen molar-refractivity contribution in [2.45, 2.75) is 39.8 Å². The summed E-state index contributed by atoms with van der Waals surface area (Å²) < 4.78 is 1.84. The lowest BCUT2D eigenvalue weighted by Gasteiger charge is -2.31. The van der Waals surface area contributed by atoms with Crippen LogP contribution in [0.4, 0.5) is 0 Å². The maximum atomic E-state index is 12.4. The number of hydrogen-bond donors (Lipinski definition) is 1. The smallest absolute Gasteiger partial charge is 0.223 e. The molecule has 1 amide bonds. The number of piperidine rings is 1. The van der Waals surface area contributed by atoms with Gasteiger partial charge in [0.05, 0.1) is 6.54 Å². The second-order valence-corrected chi connectivity index (χ2v) is 7.27. The number of carbonyl (C=O) groups is 1. The van der Waals surface area contributed by atoms with Crippen molar-refractivity contribution < 1.29 is 4.79 Å². The molecule has 0 unspecified atom stereocenters. The molecule has 7 heteroatoms. The number of nitrogens with one attached hydrogen (secondary N) is 1. The number of aryl methyl sites for hydroxylation is 2. The number of halogens is 1. The van der Waals surface area contributed by atoms with E-state index in [2.05, 4.69) is 26.4 Å². The van der Waals surface area contributed by atoms with Crippen molar-refractivity contribution in [2.75, 3.05) is 19.6 Å². The van der Waals surface area contributed by atoms with Gasteiger partial charge in [0.2, 0.25) is 5.91 Å². The number of amides is 1. The number of benzene rings is 1. The zero-order chi connectivity index (χ0) is 18.5. The van der Waals surface area contributed by atoms with Gasteiger partial charge in [0.15, 0.2) is 0 Å². The van der Waals surface area contributed by atoms with Crippen molar-refractivity contribution in [3.8, 4) is 0 Å². The van der Waals surface area contributed by atoms with E-state index >= 15 is 0 Å². The van der Waals surface area contributed by atoms with Crippen molar-refractivity contribution in [3.05, 3.63) is 46.5 Å². The topological polar surface area (TPSA) is 63.1 Å². The fourth-order valence-electron chi connectivity index (χ4n) is 3.42. The fraction of sp³-hybridized carbons (Fsp3) is 0.526. The minimum Gasteiger partial charge on any atom is -0.354 e. The molecule has 1 fully saturated rings. The van der Waals surface area contributed by atoms with Gasteiger partial charge in [-0.05, 0) is 51.4 Å². The molecule has 1 saturated heterocycles. The highest BCUT2D eigenvalue weighted by atomic mass is 35.5. The quantitative estimate of drug-likeness (QED) is 0.842. The van der Waals surface area contributed by atoms with E-state index in [1.807, 2.05) is 36.7 Å². The summed E-state index contributed by atoms with van der Waals surface area (Å²) in [5.74, 6) is 1.89. The third-order valence-electron chi connectivity index (χ3n) is 4.90. The molecule has 0 atom stereocenters. The van der Waals surface area contributed by atoms with Crippen molar-refractivity contribution in [1.29, 1.82) is 0 Å². The maximum Gasteiger partial charge on any atom is 0.223 e. The lowest BCUT2D eigenvalue weighted by molar-refractivity contribution is -0.126. The van der Waals surface area contributed by atoms with E-state index in [0.29, 0.717) is 13.1 Å². The molecular weight excluding hydrogens is 350 g/mol. The summed E-state index contributed by atoms with van der Waals surface area (Å²) in [6.07, 6.45) is 1.77. The number of carbonyl (C=O) groups excluding carboxylic acids is 1. The van der Waals surface area contributed by atoms with Gasteiger partial charge in [-0.25, -0.2) is 9.67 Å². The van der Waals surface area contributed by atoms with E-state index in [1.54, 1.807) is 0 Å². The summed E-state index contributed by atoms with van der Waals surface area (Å²) >= 11 is 6.24. The Morgan fingerprint density at radius 1 is 1.27 bits per heavy atom. The Balaban J connectivity index is 1.40. The first kappa shape index (κ1) is 18.9. The summed E-state index contributed by atoms with van der Waals surface area (Å²) in [5, 5.41) is 8.17. The van der Waals surface area contributed by atoms with Crippen LogP contribution in [-0.4, -0.2) is 45.2 Å². The van der Waals surface area contributed by atoms with Crippen molar-refractivity contribution in [1.82, 2.24) is 25.0 Å². The van der Waals surface area contributed by atoms with Crippen LogP contribution in [0, 0.1) is 19.8 Å². The van der Waals surface area contributed by atoms with Gasteiger partial charge >= 0.3 is 0 Å². The van der Waals surface area contributed by atoms with Crippen LogP contribution in [0.15, 0.2) is 24.3 Å². The number of likely N-dealkylation sites (tertiary alicyclic amines) is 1. The molecule has 1 aromatic heterocycles. The average Bonchev–Trinajstić information content (AvgIpc) is 2.95. The van der Waals surface area contributed by atoms with E-state index < -0.39 is 0 Å². The zero-order valence-corrected chi connectivity index (χ0v) is 16.2.